The highest BCUT2D eigenvalue weighted by Gasteiger charge is 2.36. The van der Waals surface area contributed by atoms with Gasteiger partial charge >= 0.3 is 0 Å². The van der Waals surface area contributed by atoms with Gasteiger partial charge in [0.2, 0.25) is 0 Å². The highest BCUT2D eigenvalue weighted by atomic mass is 79.9. The number of rotatable bonds is 4. The van der Waals surface area contributed by atoms with Crippen molar-refractivity contribution in [3.63, 3.8) is 0 Å². The van der Waals surface area contributed by atoms with Crippen LogP contribution < -0.4 is 0 Å². The molecule has 0 heterocycles. The summed E-state index contributed by atoms with van der Waals surface area (Å²) in [5.74, 6) is -0.507. The van der Waals surface area contributed by atoms with Crippen LogP contribution in [0.15, 0.2) is 22.7 Å². The smallest absolute Gasteiger partial charge is 0.189 e. The average Bonchev–Trinajstić information content (AvgIpc) is 2.23. The molecule has 0 aliphatic heterocycles. The van der Waals surface area contributed by atoms with Crippen LogP contribution in [0.2, 0.25) is 0 Å². The summed E-state index contributed by atoms with van der Waals surface area (Å²) in [6.45, 7) is 1.44. The van der Waals surface area contributed by atoms with Crippen molar-refractivity contribution in [3.8, 4) is 0 Å². The Balaban J connectivity index is 3.19. The molecular formula is C11H14BrFO3. The minimum absolute atomic E-state index is 0.121. The Morgan fingerprint density at radius 1 is 1.38 bits per heavy atom. The van der Waals surface area contributed by atoms with Crippen LogP contribution in [0.3, 0.4) is 0 Å². The molecule has 0 spiro atoms. The summed E-state index contributed by atoms with van der Waals surface area (Å²) in [6, 6.07) is 4.33. The fourth-order valence-corrected chi connectivity index (χ4v) is 1.93. The zero-order chi connectivity index (χ0) is 12.3. The maximum atomic E-state index is 13.6. The van der Waals surface area contributed by atoms with Gasteiger partial charge in [-0.3, -0.25) is 0 Å². The van der Waals surface area contributed by atoms with E-state index in [2.05, 4.69) is 15.9 Å². The van der Waals surface area contributed by atoms with Gasteiger partial charge < -0.3 is 14.6 Å². The van der Waals surface area contributed by atoms with Gasteiger partial charge in [0.25, 0.3) is 0 Å². The second-order valence-corrected chi connectivity index (χ2v) is 4.49. The Morgan fingerprint density at radius 3 is 2.44 bits per heavy atom. The number of aliphatic hydroxyl groups is 1. The minimum Gasteiger partial charge on any atom is -0.380 e. The normalized spacial score (nSPS) is 15.2. The van der Waals surface area contributed by atoms with Crippen molar-refractivity contribution >= 4 is 15.9 Å². The van der Waals surface area contributed by atoms with Gasteiger partial charge in [0.15, 0.2) is 6.29 Å². The molecular weight excluding hydrogens is 279 g/mol. The van der Waals surface area contributed by atoms with E-state index in [-0.39, 0.29) is 5.56 Å². The maximum Gasteiger partial charge on any atom is 0.189 e. The van der Waals surface area contributed by atoms with Gasteiger partial charge in [-0.25, -0.2) is 4.39 Å². The number of hydrogen-bond donors (Lipinski definition) is 1. The first-order valence-electron chi connectivity index (χ1n) is 4.67. The van der Waals surface area contributed by atoms with Gasteiger partial charge in [-0.05, 0) is 25.1 Å². The van der Waals surface area contributed by atoms with Gasteiger partial charge in [0.05, 0.1) is 0 Å². The third-order valence-electron chi connectivity index (χ3n) is 2.36. The highest BCUT2D eigenvalue weighted by molar-refractivity contribution is 9.10. The molecule has 1 N–H and O–H groups in total. The van der Waals surface area contributed by atoms with Gasteiger partial charge in [-0.2, -0.15) is 0 Å². The average molecular weight is 293 g/mol. The van der Waals surface area contributed by atoms with E-state index in [1.54, 1.807) is 6.07 Å². The summed E-state index contributed by atoms with van der Waals surface area (Å²) in [5, 5.41) is 10.2. The summed E-state index contributed by atoms with van der Waals surface area (Å²) in [7, 11) is 2.77. The molecule has 0 fully saturated rings. The topological polar surface area (TPSA) is 38.7 Å². The van der Waals surface area contributed by atoms with Crippen LogP contribution in [0.4, 0.5) is 4.39 Å². The zero-order valence-electron chi connectivity index (χ0n) is 9.33. The Labute approximate surface area is 102 Å². The molecule has 0 aliphatic carbocycles. The van der Waals surface area contributed by atoms with E-state index < -0.39 is 17.7 Å². The number of methoxy groups -OCH3 is 2. The van der Waals surface area contributed by atoms with Crippen molar-refractivity contribution in [1.29, 1.82) is 0 Å². The minimum atomic E-state index is -1.56. The van der Waals surface area contributed by atoms with Gasteiger partial charge in [0, 0.05) is 24.3 Å². The summed E-state index contributed by atoms with van der Waals surface area (Å²) in [4.78, 5) is 0. The second kappa shape index (κ2) is 5.23. The predicted molar refractivity (Wildman–Crippen MR) is 61.5 cm³/mol. The molecule has 90 valence electrons. The summed E-state index contributed by atoms with van der Waals surface area (Å²) >= 11 is 3.22. The van der Waals surface area contributed by atoms with E-state index in [1.165, 1.54) is 33.3 Å². The van der Waals surface area contributed by atoms with Crippen molar-refractivity contribution in [2.24, 2.45) is 0 Å². The highest BCUT2D eigenvalue weighted by Crippen LogP contribution is 2.30. The molecule has 0 saturated carbocycles. The largest absolute Gasteiger partial charge is 0.380 e. The van der Waals surface area contributed by atoms with Crippen molar-refractivity contribution < 1.29 is 19.0 Å². The van der Waals surface area contributed by atoms with E-state index in [9.17, 15) is 9.50 Å². The third kappa shape index (κ3) is 2.60. The molecule has 0 amide bonds. The van der Waals surface area contributed by atoms with Gasteiger partial charge in [-0.15, -0.1) is 0 Å². The van der Waals surface area contributed by atoms with Crippen molar-refractivity contribution in [1.82, 2.24) is 0 Å². The van der Waals surface area contributed by atoms with Crippen LogP contribution in [-0.4, -0.2) is 25.6 Å². The quantitative estimate of drug-likeness (QED) is 0.866. The molecule has 1 aromatic carbocycles. The van der Waals surface area contributed by atoms with Crippen molar-refractivity contribution in [2.45, 2.75) is 18.8 Å². The van der Waals surface area contributed by atoms with Crippen LogP contribution in [0.5, 0.6) is 0 Å². The number of ether oxygens (including phenoxy) is 2. The van der Waals surface area contributed by atoms with Crippen LogP contribution in [0.1, 0.15) is 12.5 Å². The lowest BCUT2D eigenvalue weighted by molar-refractivity contribution is -0.214. The molecule has 0 aliphatic rings. The Hall–Kier alpha value is -0.490. The lowest BCUT2D eigenvalue weighted by Gasteiger charge is -2.31. The van der Waals surface area contributed by atoms with E-state index in [0.717, 1.165) is 0 Å². The molecule has 1 unspecified atom stereocenters. The first-order chi connectivity index (χ1) is 7.43. The molecule has 0 radical (unpaired) electrons. The number of benzene rings is 1. The van der Waals surface area contributed by atoms with Crippen LogP contribution in [0.25, 0.3) is 0 Å². The molecule has 1 atom stereocenters. The van der Waals surface area contributed by atoms with E-state index in [0.29, 0.717) is 4.47 Å². The predicted octanol–water partition coefficient (Wildman–Crippen LogP) is 2.41. The zero-order valence-corrected chi connectivity index (χ0v) is 10.9. The molecule has 5 heteroatoms. The van der Waals surface area contributed by atoms with Crippen LogP contribution in [0, 0.1) is 5.82 Å². The fourth-order valence-electron chi connectivity index (χ4n) is 1.57. The Kier molecular flexibility index (Phi) is 4.43. The van der Waals surface area contributed by atoms with Crippen molar-refractivity contribution in [2.75, 3.05) is 14.2 Å². The molecule has 1 aromatic rings. The molecule has 1 rings (SSSR count). The van der Waals surface area contributed by atoms with Crippen LogP contribution >= 0.6 is 15.9 Å². The number of hydrogen-bond acceptors (Lipinski definition) is 3. The summed E-state index contributed by atoms with van der Waals surface area (Å²) in [6.07, 6.45) is -0.934. The SMILES string of the molecule is COC(OC)C(C)(O)c1cc(Br)ccc1F. The summed E-state index contributed by atoms with van der Waals surface area (Å²) in [5.41, 5.74) is -1.44. The molecule has 0 aromatic heterocycles. The van der Waals surface area contributed by atoms with Gasteiger partial charge in [-0.1, -0.05) is 15.9 Å². The number of halogens is 2. The standard InChI is InChI=1S/C11H14BrFO3/c1-11(14,10(15-2)16-3)8-6-7(12)4-5-9(8)13/h4-6,10,14H,1-3H3. The third-order valence-corrected chi connectivity index (χ3v) is 2.85. The van der Waals surface area contributed by atoms with Crippen LogP contribution in [-0.2, 0) is 15.1 Å². The lowest BCUT2D eigenvalue weighted by atomic mass is 9.95. The monoisotopic (exact) mass is 292 g/mol. The Morgan fingerprint density at radius 2 is 1.94 bits per heavy atom. The first kappa shape index (κ1) is 13.6. The van der Waals surface area contributed by atoms with E-state index >= 15 is 0 Å². The van der Waals surface area contributed by atoms with E-state index in [1.807, 2.05) is 0 Å². The van der Waals surface area contributed by atoms with Crippen molar-refractivity contribution in [3.05, 3.63) is 34.1 Å². The fraction of sp³-hybridized carbons (Fsp3) is 0.455. The van der Waals surface area contributed by atoms with Gasteiger partial charge in [0.1, 0.15) is 11.4 Å². The summed E-state index contributed by atoms with van der Waals surface area (Å²) < 4.78 is 24.2. The maximum absolute atomic E-state index is 13.6. The molecule has 16 heavy (non-hydrogen) atoms. The Bertz CT molecular complexity index is 364. The second-order valence-electron chi connectivity index (χ2n) is 3.58. The van der Waals surface area contributed by atoms with E-state index in [4.69, 9.17) is 9.47 Å². The first-order valence-corrected chi connectivity index (χ1v) is 5.46. The molecule has 0 saturated heterocycles. The molecule has 3 nitrogen and oxygen atoms in total. The molecule has 0 bridgehead atoms. The lowest BCUT2D eigenvalue weighted by Crippen LogP contribution is -2.40.